The van der Waals surface area contributed by atoms with E-state index in [1.807, 2.05) is 35.2 Å². The summed E-state index contributed by atoms with van der Waals surface area (Å²) < 4.78 is 0. The Kier molecular flexibility index (Phi) is 6.51. The van der Waals surface area contributed by atoms with Crippen molar-refractivity contribution in [3.8, 4) is 11.3 Å². The number of hydrogen-bond acceptors (Lipinski definition) is 4. The van der Waals surface area contributed by atoms with Gasteiger partial charge >= 0.3 is 0 Å². The summed E-state index contributed by atoms with van der Waals surface area (Å²) in [5.74, 6) is -0.0728. The van der Waals surface area contributed by atoms with Crippen molar-refractivity contribution in [2.45, 2.75) is 32.2 Å². The Labute approximate surface area is 182 Å². The van der Waals surface area contributed by atoms with Gasteiger partial charge in [-0.2, -0.15) is 0 Å². The summed E-state index contributed by atoms with van der Waals surface area (Å²) >= 11 is 0. The van der Waals surface area contributed by atoms with Crippen LogP contribution in [0.1, 0.15) is 36.5 Å². The molecular weight excluding hydrogens is 392 g/mol. The van der Waals surface area contributed by atoms with Gasteiger partial charge in [0.1, 0.15) is 5.56 Å². The number of rotatable bonds is 4. The van der Waals surface area contributed by atoms with Crippen molar-refractivity contribution >= 4 is 11.8 Å². The summed E-state index contributed by atoms with van der Waals surface area (Å²) in [7, 11) is 0. The lowest BCUT2D eigenvalue weighted by atomic mass is 10.0. The molecule has 4 rings (SSSR count). The first-order valence-electron chi connectivity index (χ1n) is 11.1. The van der Waals surface area contributed by atoms with Gasteiger partial charge in [0.2, 0.25) is 5.91 Å². The topological polar surface area (TPSA) is 76.7 Å². The third-order valence-corrected chi connectivity index (χ3v) is 6.37. The molecule has 2 aliphatic heterocycles. The van der Waals surface area contributed by atoms with Crippen molar-refractivity contribution in [2.75, 3.05) is 39.3 Å². The monoisotopic (exact) mass is 422 g/mol. The zero-order valence-electron chi connectivity index (χ0n) is 18.0. The lowest BCUT2D eigenvalue weighted by molar-refractivity contribution is -0.136. The quantitative estimate of drug-likeness (QED) is 0.820. The average molecular weight is 423 g/mol. The number of amides is 2. The Hall–Kier alpha value is -2.93. The third kappa shape index (κ3) is 4.88. The second-order valence-corrected chi connectivity index (χ2v) is 8.48. The number of benzene rings is 1. The van der Waals surface area contributed by atoms with Gasteiger partial charge in [-0.1, -0.05) is 30.3 Å². The van der Waals surface area contributed by atoms with Gasteiger partial charge in [-0.25, -0.2) is 0 Å². The highest BCUT2D eigenvalue weighted by molar-refractivity contribution is 5.94. The van der Waals surface area contributed by atoms with Crippen molar-refractivity contribution in [3.63, 3.8) is 0 Å². The minimum absolute atomic E-state index is 0.159. The van der Waals surface area contributed by atoms with Crippen LogP contribution in [0, 0.1) is 0 Å². The average Bonchev–Trinajstić information content (AvgIpc) is 2.80. The lowest BCUT2D eigenvalue weighted by Gasteiger charge is -2.38. The standard InChI is InChI=1S/C24H30N4O3/c1-18-7-5-6-12-28(18)22(29)17-26-13-15-27(16-14-26)24(31)20-10-11-21(25-23(20)30)19-8-3-2-4-9-19/h2-4,8-11,18H,5-7,12-17H2,1H3,(H,25,30). The summed E-state index contributed by atoms with van der Waals surface area (Å²) in [6.07, 6.45) is 3.35. The Bertz CT molecular complexity index is 980. The zero-order valence-corrected chi connectivity index (χ0v) is 18.0. The maximum absolute atomic E-state index is 12.9. The van der Waals surface area contributed by atoms with E-state index in [2.05, 4.69) is 16.8 Å². The van der Waals surface area contributed by atoms with Gasteiger partial charge in [0.25, 0.3) is 11.5 Å². The fraction of sp³-hybridized carbons (Fsp3) is 0.458. The summed E-state index contributed by atoms with van der Waals surface area (Å²) in [5.41, 5.74) is 1.38. The zero-order chi connectivity index (χ0) is 21.8. The maximum Gasteiger partial charge on any atom is 0.261 e. The van der Waals surface area contributed by atoms with Gasteiger partial charge in [0, 0.05) is 44.5 Å². The summed E-state index contributed by atoms with van der Waals surface area (Å²) in [4.78, 5) is 46.7. The predicted molar refractivity (Wildman–Crippen MR) is 120 cm³/mol. The minimum atomic E-state index is -0.372. The lowest BCUT2D eigenvalue weighted by Crippen LogP contribution is -2.53. The second kappa shape index (κ2) is 9.47. The van der Waals surface area contributed by atoms with E-state index in [0.29, 0.717) is 44.5 Å². The van der Waals surface area contributed by atoms with Gasteiger partial charge in [0.05, 0.1) is 6.54 Å². The molecule has 0 bridgehead atoms. The molecule has 3 heterocycles. The highest BCUT2D eigenvalue weighted by atomic mass is 16.2. The van der Waals surface area contributed by atoms with Crippen LogP contribution in [0.2, 0.25) is 0 Å². The number of likely N-dealkylation sites (tertiary alicyclic amines) is 1. The molecule has 31 heavy (non-hydrogen) atoms. The summed E-state index contributed by atoms with van der Waals surface area (Å²) in [6.45, 7) is 5.68. The van der Waals surface area contributed by atoms with Crippen molar-refractivity contribution in [1.82, 2.24) is 19.7 Å². The maximum atomic E-state index is 12.9. The van der Waals surface area contributed by atoms with E-state index in [1.54, 1.807) is 17.0 Å². The molecule has 2 amide bonds. The highest BCUT2D eigenvalue weighted by Gasteiger charge is 2.28. The molecule has 1 aromatic heterocycles. The fourth-order valence-corrected chi connectivity index (χ4v) is 4.46. The number of carbonyl (C=O) groups is 2. The molecule has 0 spiro atoms. The van der Waals surface area contributed by atoms with E-state index < -0.39 is 0 Å². The molecule has 1 unspecified atom stereocenters. The number of nitrogens with one attached hydrogen (secondary N) is 1. The molecule has 7 heteroatoms. The number of aromatic amines is 1. The van der Waals surface area contributed by atoms with Crippen LogP contribution in [-0.2, 0) is 4.79 Å². The molecular formula is C24H30N4O3. The molecule has 2 saturated heterocycles. The number of hydrogen-bond donors (Lipinski definition) is 1. The van der Waals surface area contributed by atoms with Gasteiger partial charge in [0.15, 0.2) is 0 Å². The Morgan fingerprint density at radius 2 is 1.71 bits per heavy atom. The SMILES string of the molecule is CC1CCCCN1C(=O)CN1CCN(C(=O)c2ccc(-c3ccccc3)[nH]c2=O)CC1. The van der Waals surface area contributed by atoms with Gasteiger partial charge in [-0.05, 0) is 43.9 Å². The van der Waals surface area contributed by atoms with Crippen LogP contribution in [0.25, 0.3) is 11.3 Å². The smallest absolute Gasteiger partial charge is 0.261 e. The minimum Gasteiger partial charge on any atom is -0.339 e. The van der Waals surface area contributed by atoms with E-state index in [-0.39, 0.29) is 22.9 Å². The van der Waals surface area contributed by atoms with Crippen molar-refractivity contribution < 1.29 is 9.59 Å². The number of piperidine rings is 1. The number of piperazine rings is 1. The molecule has 1 aromatic carbocycles. The highest BCUT2D eigenvalue weighted by Crippen LogP contribution is 2.18. The van der Waals surface area contributed by atoms with Gasteiger partial charge in [-0.3, -0.25) is 19.3 Å². The predicted octanol–water partition coefficient (Wildman–Crippen LogP) is 2.20. The molecule has 1 atom stereocenters. The second-order valence-electron chi connectivity index (χ2n) is 8.48. The normalized spacial score (nSPS) is 20.0. The van der Waals surface area contributed by atoms with Gasteiger partial charge in [-0.15, -0.1) is 0 Å². The number of carbonyl (C=O) groups excluding carboxylic acids is 2. The summed E-state index contributed by atoms with van der Waals surface area (Å²) in [5, 5.41) is 0. The largest absolute Gasteiger partial charge is 0.339 e. The molecule has 2 aromatic rings. The summed E-state index contributed by atoms with van der Waals surface area (Å²) in [6, 6.07) is 13.3. The molecule has 0 radical (unpaired) electrons. The Morgan fingerprint density at radius 1 is 0.968 bits per heavy atom. The van der Waals surface area contributed by atoms with Gasteiger partial charge < -0.3 is 14.8 Å². The third-order valence-electron chi connectivity index (χ3n) is 6.37. The first-order chi connectivity index (χ1) is 15.0. The number of pyridine rings is 1. The van der Waals surface area contributed by atoms with Crippen molar-refractivity contribution in [1.29, 1.82) is 0 Å². The van der Waals surface area contributed by atoms with E-state index in [9.17, 15) is 14.4 Å². The van der Waals surface area contributed by atoms with Crippen LogP contribution in [0.15, 0.2) is 47.3 Å². The van der Waals surface area contributed by atoms with E-state index in [1.165, 1.54) is 6.42 Å². The molecule has 2 aliphatic rings. The number of nitrogens with zero attached hydrogens (tertiary/aromatic N) is 3. The van der Waals surface area contributed by atoms with E-state index in [4.69, 9.17) is 0 Å². The van der Waals surface area contributed by atoms with Crippen LogP contribution in [-0.4, -0.2) is 76.8 Å². The molecule has 164 valence electrons. The van der Waals surface area contributed by atoms with E-state index >= 15 is 0 Å². The number of H-pyrrole nitrogens is 1. The van der Waals surface area contributed by atoms with Crippen LogP contribution in [0.3, 0.4) is 0 Å². The first kappa shape index (κ1) is 21.3. The Morgan fingerprint density at radius 3 is 2.39 bits per heavy atom. The molecule has 7 nitrogen and oxygen atoms in total. The molecule has 2 fully saturated rings. The Balaban J connectivity index is 1.34. The van der Waals surface area contributed by atoms with Crippen LogP contribution >= 0.6 is 0 Å². The number of aromatic nitrogens is 1. The molecule has 0 aliphatic carbocycles. The van der Waals surface area contributed by atoms with Crippen molar-refractivity contribution in [3.05, 3.63) is 58.4 Å². The van der Waals surface area contributed by atoms with Crippen LogP contribution < -0.4 is 5.56 Å². The van der Waals surface area contributed by atoms with Crippen molar-refractivity contribution in [2.24, 2.45) is 0 Å². The van der Waals surface area contributed by atoms with E-state index in [0.717, 1.165) is 24.9 Å². The molecule has 1 N–H and O–H groups in total. The van der Waals surface area contributed by atoms with Crippen LogP contribution in [0.5, 0.6) is 0 Å². The molecule has 0 saturated carbocycles. The van der Waals surface area contributed by atoms with Crippen LogP contribution in [0.4, 0.5) is 0 Å². The first-order valence-corrected chi connectivity index (χ1v) is 11.1. The fourth-order valence-electron chi connectivity index (χ4n) is 4.46.